The highest BCUT2D eigenvalue weighted by atomic mass is 32.2. The Morgan fingerprint density at radius 3 is 2.85 bits per heavy atom. The Balaban J connectivity index is 1.62. The fourth-order valence-corrected chi connectivity index (χ4v) is 6.25. The van der Waals surface area contributed by atoms with Crippen molar-refractivity contribution in [3.8, 4) is 0 Å². The molecular formula is C18H24N2O4S2. The smallest absolute Gasteiger partial charge is 0.254 e. The van der Waals surface area contributed by atoms with Crippen LogP contribution in [0.4, 0.5) is 0 Å². The van der Waals surface area contributed by atoms with Crippen molar-refractivity contribution in [3.63, 3.8) is 0 Å². The molecule has 0 bridgehead atoms. The summed E-state index contributed by atoms with van der Waals surface area (Å²) in [5, 5.41) is 4.67. The van der Waals surface area contributed by atoms with Gasteiger partial charge in [0.15, 0.2) is 0 Å². The first-order chi connectivity index (χ1) is 12.4. The summed E-state index contributed by atoms with van der Waals surface area (Å²) in [5.41, 5.74) is 0.536. The number of nitrogens with zero attached hydrogens (tertiary/aromatic N) is 1. The minimum absolute atomic E-state index is 0.0802. The van der Waals surface area contributed by atoms with Crippen molar-refractivity contribution >= 4 is 27.3 Å². The van der Waals surface area contributed by atoms with E-state index in [1.54, 1.807) is 41.7 Å². The Bertz CT molecular complexity index is 856. The van der Waals surface area contributed by atoms with Crippen molar-refractivity contribution in [2.24, 2.45) is 0 Å². The molecule has 3 heterocycles. The molecule has 2 aromatic rings. The SMILES string of the molecule is Cc1cc(C(=O)NCC[C@H]2CCCCN2S(=O)(=O)c2cccs2)c(C)o1. The quantitative estimate of drug-likeness (QED) is 0.812. The summed E-state index contributed by atoms with van der Waals surface area (Å²) in [4.78, 5) is 12.3. The van der Waals surface area contributed by atoms with Gasteiger partial charge >= 0.3 is 0 Å². The number of rotatable bonds is 6. The third kappa shape index (κ3) is 4.02. The van der Waals surface area contributed by atoms with Gasteiger partial charge in [-0.25, -0.2) is 8.42 Å². The third-order valence-electron chi connectivity index (χ3n) is 4.68. The summed E-state index contributed by atoms with van der Waals surface area (Å²) in [6, 6.07) is 5.05. The monoisotopic (exact) mass is 396 g/mol. The number of aryl methyl sites for hydroxylation is 2. The Hall–Kier alpha value is -1.64. The summed E-state index contributed by atoms with van der Waals surface area (Å²) >= 11 is 1.25. The Kier molecular flexibility index (Phi) is 5.84. The van der Waals surface area contributed by atoms with Crippen LogP contribution < -0.4 is 5.32 Å². The number of hydrogen-bond donors (Lipinski definition) is 1. The number of amides is 1. The topological polar surface area (TPSA) is 79.6 Å². The van der Waals surface area contributed by atoms with Gasteiger partial charge in [-0.05, 0) is 50.6 Å². The number of piperidine rings is 1. The first-order valence-electron chi connectivity index (χ1n) is 8.80. The van der Waals surface area contributed by atoms with E-state index in [0.717, 1.165) is 19.3 Å². The minimum Gasteiger partial charge on any atom is -0.466 e. The van der Waals surface area contributed by atoms with E-state index in [2.05, 4.69) is 5.32 Å². The maximum atomic E-state index is 12.9. The molecule has 0 unspecified atom stereocenters. The normalized spacial score (nSPS) is 18.8. The molecule has 26 heavy (non-hydrogen) atoms. The van der Waals surface area contributed by atoms with E-state index < -0.39 is 10.0 Å². The van der Waals surface area contributed by atoms with Crippen LogP contribution >= 0.6 is 11.3 Å². The van der Waals surface area contributed by atoms with Gasteiger partial charge in [-0.2, -0.15) is 4.31 Å². The molecule has 1 aliphatic rings. The second kappa shape index (κ2) is 7.94. The van der Waals surface area contributed by atoms with Gasteiger partial charge in [0.25, 0.3) is 15.9 Å². The van der Waals surface area contributed by atoms with Crippen molar-refractivity contribution in [1.29, 1.82) is 0 Å². The first kappa shape index (κ1) is 19.1. The van der Waals surface area contributed by atoms with Crippen LogP contribution in [-0.2, 0) is 10.0 Å². The molecule has 1 saturated heterocycles. The zero-order chi connectivity index (χ0) is 18.7. The number of furan rings is 1. The lowest BCUT2D eigenvalue weighted by Crippen LogP contribution is -2.44. The minimum atomic E-state index is -3.45. The number of thiophene rings is 1. The Labute approximate surface area is 158 Å². The second-order valence-corrected chi connectivity index (χ2v) is 9.63. The van der Waals surface area contributed by atoms with Crippen LogP contribution in [0.25, 0.3) is 0 Å². The molecule has 0 saturated carbocycles. The van der Waals surface area contributed by atoms with Crippen LogP contribution in [0.15, 0.2) is 32.2 Å². The molecule has 1 amide bonds. The molecule has 142 valence electrons. The lowest BCUT2D eigenvalue weighted by atomic mass is 10.0. The van der Waals surface area contributed by atoms with Crippen molar-refractivity contribution < 1.29 is 17.6 Å². The summed E-state index contributed by atoms with van der Waals surface area (Å²) in [6.45, 7) is 4.54. The van der Waals surface area contributed by atoms with Gasteiger partial charge in [0.2, 0.25) is 0 Å². The van der Waals surface area contributed by atoms with E-state index in [4.69, 9.17) is 4.42 Å². The highest BCUT2D eigenvalue weighted by Gasteiger charge is 2.33. The van der Waals surface area contributed by atoms with E-state index in [0.29, 0.717) is 40.8 Å². The van der Waals surface area contributed by atoms with Crippen molar-refractivity contribution in [2.75, 3.05) is 13.1 Å². The molecule has 2 aromatic heterocycles. The van der Waals surface area contributed by atoms with Gasteiger partial charge in [0.05, 0.1) is 5.56 Å². The zero-order valence-corrected chi connectivity index (χ0v) is 16.7. The van der Waals surface area contributed by atoms with Gasteiger partial charge in [-0.15, -0.1) is 11.3 Å². The fraction of sp³-hybridized carbons (Fsp3) is 0.500. The largest absolute Gasteiger partial charge is 0.466 e. The van der Waals surface area contributed by atoms with Crippen LogP contribution in [0.1, 0.15) is 47.6 Å². The van der Waals surface area contributed by atoms with Crippen molar-refractivity contribution in [1.82, 2.24) is 9.62 Å². The highest BCUT2D eigenvalue weighted by Crippen LogP contribution is 2.29. The molecule has 0 radical (unpaired) electrons. The number of hydrogen-bond acceptors (Lipinski definition) is 5. The molecule has 1 fully saturated rings. The molecular weight excluding hydrogens is 372 g/mol. The molecule has 0 aliphatic carbocycles. The second-order valence-electron chi connectivity index (χ2n) is 6.57. The maximum Gasteiger partial charge on any atom is 0.254 e. The zero-order valence-electron chi connectivity index (χ0n) is 15.0. The van der Waals surface area contributed by atoms with Crippen molar-refractivity contribution in [3.05, 3.63) is 40.7 Å². The standard InChI is InChI=1S/C18H24N2O4S2/c1-13-12-16(14(2)24-13)18(21)19-9-8-15-6-3-4-10-20(15)26(22,23)17-7-5-11-25-17/h5,7,11-12,15H,3-4,6,8-10H2,1-2H3,(H,19,21)/t15-/m1/s1. The molecule has 1 N–H and O–H groups in total. The number of carbonyl (C=O) groups is 1. The molecule has 0 aromatic carbocycles. The lowest BCUT2D eigenvalue weighted by Gasteiger charge is -2.34. The Morgan fingerprint density at radius 1 is 1.38 bits per heavy atom. The number of carbonyl (C=O) groups excluding carboxylic acids is 1. The molecule has 1 atom stereocenters. The van der Waals surface area contributed by atoms with E-state index in [1.165, 1.54) is 11.3 Å². The van der Waals surface area contributed by atoms with Crippen LogP contribution in [-0.4, -0.2) is 37.8 Å². The molecule has 1 aliphatic heterocycles. The average Bonchev–Trinajstić information content (AvgIpc) is 3.25. The first-order valence-corrected chi connectivity index (χ1v) is 11.1. The maximum absolute atomic E-state index is 12.9. The predicted molar refractivity (Wildman–Crippen MR) is 101 cm³/mol. The van der Waals surface area contributed by atoms with Gasteiger partial charge in [0.1, 0.15) is 15.7 Å². The van der Waals surface area contributed by atoms with Crippen LogP contribution in [0.3, 0.4) is 0 Å². The predicted octanol–water partition coefficient (Wildman–Crippen LogP) is 3.32. The lowest BCUT2D eigenvalue weighted by molar-refractivity contribution is 0.0948. The van der Waals surface area contributed by atoms with Gasteiger partial charge < -0.3 is 9.73 Å². The molecule has 3 rings (SSSR count). The molecule has 8 heteroatoms. The number of nitrogens with one attached hydrogen (secondary N) is 1. The molecule has 0 spiro atoms. The average molecular weight is 397 g/mol. The summed E-state index contributed by atoms with van der Waals surface area (Å²) in [5.74, 6) is 1.12. The van der Waals surface area contributed by atoms with Gasteiger partial charge in [-0.3, -0.25) is 4.79 Å². The fourth-order valence-electron chi connectivity index (χ4n) is 3.41. The van der Waals surface area contributed by atoms with E-state index in [-0.39, 0.29) is 11.9 Å². The van der Waals surface area contributed by atoms with E-state index in [9.17, 15) is 13.2 Å². The third-order valence-corrected chi connectivity index (χ3v) is 8.00. The number of sulfonamides is 1. The van der Waals surface area contributed by atoms with Gasteiger partial charge in [-0.1, -0.05) is 12.5 Å². The summed E-state index contributed by atoms with van der Waals surface area (Å²) in [7, 11) is -3.45. The summed E-state index contributed by atoms with van der Waals surface area (Å²) < 4.78 is 33.1. The van der Waals surface area contributed by atoms with Crippen LogP contribution in [0, 0.1) is 13.8 Å². The summed E-state index contributed by atoms with van der Waals surface area (Å²) in [6.07, 6.45) is 3.31. The Morgan fingerprint density at radius 2 is 2.19 bits per heavy atom. The van der Waals surface area contributed by atoms with Crippen molar-refractivity contribution in [2.45, 2.75) is 49.8 Å². The van der Waals surface area contributed by atoms with Gasteiger partial charge in [0, 0.05) is 19.1 Å². The van der Waals surface area contributed by atoms with Crippen LogP contribution in [0.5, 0.6) is 0 Å². The molecule has 6 nitrogen and oxygen atoms in total. The van der Waals surface area contributed by atoms with E-state index in [1.807, 2.05) is 0 Å². The highest BCUT2D eigenvalue weighted by molar-refractivity contribution is 7.91. The van der Waals surface area contributed by atoms with Crippen LogP contribution in [0.2, 0.25) is 0 Å². The van der Waals surface area contributed by atoms with E-state index >= 15 is 0 Å².